The van der Waals surface area contributed by atoms with Crippen molar-refractivity contribution in [1.29, 1.82) is 0 Å². The summed E-state index contributed by atoms with van der Waals surface area (Å²) in [6.45, 7) is 17.8. The predicted octanol–water partition coefficient (Wildman–Crippen LogP) is 8.19. The second kappa shape index (κ2) is 22.0. The quantitative estimate of drug-likeness (QED) is 0.0894. The molecule has 1 unspecified atom stereocenters. The molecule has 0 aliphatic heterocycles. The third-order valence-electron chi connectivity index (χ3n) is 7.23. The Morgan fingerprint density at radius 2 is 1.16 bits per heavy atom. The van der Waals surface area contributed by atoms with Gasteiger partial charge >= 0.3 is 0 Å². The number of amides is 1. The van der Waals surface area contributed by atoms with E-state index in [9.17, 15) is 4.79 Å². The Kier molecular flexibility index (Phi) is 21.4. The lowest BCUT2D eigenvalue weighted by molar-refractivity contribution is -0.944. The second-order valence-corrected chi connectivity index (χ2v) is 10.1. The third-order valence-corrected chi connectivity index (χ3v) is 7.23. The van der Waals surface area contributed by atoms with Crippen molar-refractivity contribution in [2.75, 3.05) is 26.2 Å². The smallest absolute Gasteiger partial charge is 0.219 e. The van der Waals surface area contributed by atoms with Gasteiger partial charge in [0, 0.05) is 19.4 Å². The number of nitrogens with one attached hydrogen (secondary N) is 1. The zero-order chi connectivity index (χ0) is 23.9. The molecule has 1 atom stereocenters. The van der Waals surface area contributed by atoms with Crippen molar-refractivity contribution in [1.82, 2.24) is 5.32 Å². The molecular weight excluding hydrogens is 392 g/mol. The predicted molar refractivity (Wildman–Crippen MR) is 143 cm³/mol. The molecule has 0 aliphatic rings. The minimum Gasteiger partial charge on any atom is -0.356 e. The highest BCUT2D eigenvalue weighted by Gasteiger charge is 2.30. The molecule has 0 radical (unpaired) electrons. The number of quaternary nitrogens is 1. The van der Waals surface area contributed by atoms with Gasteiger partial charge in [-0.2, -0.15) is 0 Å². The fraction of sp³-hybridized carbons (Fsp3) is 0.897. The van der Waals surface area contributed by atoms with Crippen LogP contribution in [-0.2, 0) is 4.79 Å². The highest BCUT2D eigenvalue weighted by atomic mass is 16.1. The topological polar surface area (TPSA) is 29.1 Å². The molecule has 0 heterocycles. The molecule has 0 rings (SSSR count). The summed E-state index contributed by atoms with van der Waals surface area (Å²) in [5.41, 5.74) is 0. The summed E-state index contributed by atoms with van der Waals surface area (Å²) >= 11 is 0. The first-order valence-electron chi connectivity index (χ1n) is 14.3. The Bertz CT molecular complexity index is 425. The Balaban J connectivity index is 4.21. The molecule has 0 aromatic carbocycles. The van der Waals surface area contributed by atoms with Crippen LogP contribution in [0.3, 0.4) is 0 Å². The number of unbranched alkanes of at least 4 members (excludes halogenated alkanes) is 12. The van der Waals surface area contributed by atoms with E-state index in [0.717, 1.165) is 30.4 Å². The molecule has 32 heavy (non-hydrogen) atoms. The van der Waals surface area contributed by atoms with Crippen LogP contribution in [0, 0.1) is 0 Å². The zero-order valence-corrected chi connectivity index (χ0v) is 22.6. The maximum Gasteiger partial charge on any atom is 0.219 e. The van der Waals surface area contributed by atoms with E-state index < -0.39 is 0 Å². The highest BCUT2D eigenvalue weighted by molar-refractivity contribution is 5.75. The first-order chi connectivity index (χ1) is 15.6. The number of nitrogens with zero attached hydrogens (tertiary/aromatic N) is 1. The van der Waals surface area contributed by atoms with Crippen molar-refractivity contribution < 1.29 is 9.28 Å². The minimum atomic E-state index is 0.250. The molecule has 1 amide bonds. The molecule has 0 aromatic rings. The summed E-state index contributed by atoms with van der Waals surface area (Å²) in [6.07, 6.45) is 23.4. The Morgan fingerprint density at radius 3 is 1.66 bits per heavy atom. The van der Waals surface area contributed by atoms with Gasteiger partial charge in [-0.1, -0.05) is 91.6 Å². The third kappa shape index (κ3) is 15.9. The Hall–Kier alpha value is -0.830. The largest absolute Gasteiger partial charge is 0.356 e. The SMILES string of the molecule is C=CC(C)[N+](CCCCC)(CCCCC)CCCNC(=O)CCCCCCCCCCC. The lowest BCUT2D eigenvalue weighted by Crippen LogP contribution is -2.55. The summed E-state index contributed by atoms with van der Waals surface area (Å²) in [5, 5.41) is 3.20. The highest BCUT2D eigenvalue weighted by Crippen LogP contribution is 2.20. The summed E-state index contributed by atoms with van der Waals surface area (Å²) in [4.78, 5) is 12.3. The van der Waals surface area contributed by atoms with Crippen LogP contribution in [0.25, 0.3) is 0 Å². The van der Waals surface area contributed by atoms with E-state index in [0.29, 0.717) is 12.5 Å². The fourth-order valence-corrected chi connectivity index (χ4v) is 4.83. The standard InChI is InChI=1S/C29H58N2O/c1-6-10-13-14-15-16-17-18-19-23-29(32)30-24-22-27-31(28(5)9-4,25-20-11-7-2)26-21-12-8-3/h9,28H,4,6-8,10-27H2,1-3,5H3/p+1. The first kappa shape index (κ1) is 31.2. The van der Waals surface area contributed by atoms with Crippen LogP contribution >= 0.6 is 0 Å². The minimum absolute atomic E-state index is 0.250. The monoisotopic (exact) mass is 451 g/mol. The maximum absolute atomic E-state index is 12.3. The summed E-state index contributed by atoms with van der Waals surface area (Å²) in [7, 11) is 0. The van der Waals surface area contributed by atoms with Crippen LogP contribution in [-0.4, -0.2) is 42.6 Å². The number of hydrogen-bond donors (Lipinski definition) is 1. The van der Waals surface area contributed by atoms with Crippen LogP contribution < -0.4 is 5.32 Å². The zero-order valence-electron chi connectivity index (χ0n) is 22.6. The van der Waals surface area contributed by atoms with E-state index in [1.54, 1.807) is 0 Å². The lowest BCUT2D eigenvalue weighted by Gasteiger charge is -2.43. The molecule has 3 heteroatoms. The van der Waals surface area contributed by atoms with E-state index in [4.69, 9.17) is 0 Å². The van der Waals surface area contributed by atoms with E-state index in [1.165, 1.54) is 103 Å². The molecule has 1 N–H and O–H groups in total. The summed E-state index contributed by atoms with van der Waals surface area (Å²) < 4.78 is 1.15. The van der Waals surface area contributed by atoms with Gasteiger partial charge in [0.15, 0.2) is 0 Å². The number of carbonyl (C=O) groups is 1. The van der Waals surface area contributed by atoms with Crippen LogP contribution in [0.4, 0.5) is 0 Å². The molecular formula is C29H59N2O+. The summed E-state index contributed by atoms with van der Waals surface area (Å²) in [5.74, 6) is 0.250. The molecule has 0 saturated carbocycles. The van der Waals surface area contributed by atoms with Crippen molar-refractivity contribution in [3.8, 4) is 0 Å². The van der Waals surface area contributed by atoms with Crippen molar-refractivity contribution >= 4 is 5.91 Å². The van der Waals surface area contributed by atoms with Crippen LogP contribution in [0.15, 0.2) is 12.7 Å². The van der Waals surface area contributed by atoms with Gasteiger partial charge in [-0.25, -0.2) is 0 Å². The van der Waals surface area contributed by atoms with Gasteiger partial charge in [0.25, 0.3) is 0 Å². The van der Waals surface area contributed by atoms with Crippen LogP contribution in [0.1, 0.15) is 137 Å². The molecule has 0 spiro atoms. The average Bonchev–Trinajstić information content (AvgIpc) is 2.80. The Labute approximate surface area is 202 Å². The number of rotatable bonds is 24. The van der Waals surface area contributed by atoms with Gasteiger partial charge in [0.05, 0.1) is 19.6 Å². The molecule has 0 aromatic heterocycles. The molecule has 0 aliphatic carbocycles. The first-order valence-corrected chi connectivity index (χ1v) is 14.3. The van der Waals surface area contributed by atoms with E-state index in [2.05, 4.69) is 45.7 Å². The molecule has 0 fully saturated rings. The lowest BCUT2D eigenvalue weighted by atomic mass is 10.1. The van der Waals surface area contributed by atoms with E-state index >= 15 is 0 Å². The van der Waals surface area contributed by atoms with Gasteiger partial charge in [-0.05, 0) is 45.1 Å². The average molecular weight is 452 g/mol. The van der Waals surface area contributed by atoms with Gasteiger partial charge in [-0.3, -0.25) is 4.79 Å². The van der Waals surface area contributed by atoms with E-state index in [-0.39, 0.29) is 5.91 Å². The molecule has 190 valence electrons. The second-order valence-electron chi connectivity index (χ2n) is 10.1. The van der Waals surface area contributed by atoms with E-state index in [1.807, 2.05) is 0 Å². The molecule has 3 nitrogen and oxygen atoms in total. The maximum atomic E-state index is 12.3. The number of hydrogen-bond acceptors (Lipinski definition) is 1. The van der Waals surface area contributed by atoms with Crippen molar-refractivity contribution in [3.63, 3.8) is 0 Å². The van der Waals surface area contributed by atoms with Crippen molar-refractivity contribution in [2.24, 2.45) is 0 Å². The van der Waals surface area contributed by atoms with Gasteiger partial charge in [0.1, 0.15) is 6.04 Å². The van der Waals surface area contributed by atoms with Crippen molar-refractivity contribution in [2.45, 2.75) is 143 Å². The van der Waals surface area contributed by atoms with Crippen LogP contribution in [0.5, 0.6) is 0 Å². The molecule has 0 bridgehead atoms. The normalized spacial score (nSPS) is 12.6. The summed E-state index contributed by atoms with van der Waals surface area (Å²) in [6, 6.07) is 0.487. The van der Waals surface area contributed by atoms with Gasteiger partial charge in [0.2, 0.25) is 5.91 Å². The Morgan fingerprint density at radius 1 is 0.719 bits per heavy atom. The molecule has 0 saturated heterocycles. The van der Waals surface area contributed by atoms with Crippen molar-refractivity contribution in [3.05, 3.63) is 12.7 Å². The fourth-order valence-electron chi connectivity index (χ4n) is 4.83. The van der Waals surface area contributed by atoms with Crippen LogP contribution in [0.2, 0.25) is 0 Å². The van der Waals surface area contributed by atoms with Gasteiger partial charge < -0.3 is 9.80 Å². The van der Waals surface area contributed by atoms with Gasteiger partial charge in [-0.15, -0.1) is 0 Å². The number of carbonyl (C=O) groups excluding carboxylic acids is 1.